The lowest BCUT2D eigenvalue weighted by Crippen LogP contribution is -2.43. The molecule has 3 rings (SSSR count). The molecule has 0 radical (unpaired) electrons. The second-order valence-corrected chi connectivity index (χ2v) is 9.66. The van der Waals surface area contributed by atoms with E-state index in [2.05, 4.69) is 15.0 Å². The second-order valence-electron chi connectivity index (χ2n) is 7.68. The lowest BCUT2D eigenvalue weighted by atomic mass is 9.99. The average Bonchev–Trinajstić information content (AvgIpc) is 2.70. The lowest BCUT2D eigenvalue weighted by molar-refractivity contribution is -0.136. The van der Waals surface area contributed by atoms with Gasteiger partial charge in [0, 0.05) is 30.7 Å². The number of nitrogens with zero attached hydrogens (tertiary/aromatic N) is 2. The highest BCUT2D eigenvalue weighted by Gasteiger charge is 2.35. The molecule has 1 aliphatic rings. The maximum absolute atomic E-state index is 13.5. The molecule has 2 aromatic rings. The van der Waals surface area contributed by atoms with Gasteiger partial charge in [-0.2, -0.15) is 22.0 Å². The number of hydrogen-bond donors (Lipinski definition) is 2. The number of amides is 1. The molecule has 1 amide bonds. The Labute approximate surface area is 185 Å². The van der Waals surface area contributed by atoms with Crippen LogP contribution in [0, 0.1) is 5.92 Å². The van der Waals surface area contributed by atoms with Crippen LogP contribution in [0.15, 0.2) is 18.2 Å². The maximum Gasteiger partial charge on any atom is 0.418 e. The maximum atomic E-state index is 13.5. The summed E-state index contributed by atoms with van der Waals surface area (Å²) in [5, 5.41) is 2.25. The van der Waals surface area contributed by atoms with Crippen molar-refractivity contribution in [2.45, 2.75) is 25.6 Å². The van der Waals surface area contributed by atoms with Crippen LogP contribution in [0.2, 0.25) is 0 Å². The van der Waals surface area contributed by atoms with Crippen molar-refractivity contribution >= 4 is 32.5 Å². The Morgan fingerprint density at radius 1 is 1.33 bits per heavy atom. The number of nitrogens with one attached hydrogen (secondary N) is 1. The summed E-state index contributed by atoms with van der Waals surface area (Å²) in [5.41, 5.74) is 3.06. The summed E-state index contributed by atoms with van der Waals surface area (Å²) in [4.78, 5) is 16.3. The number of aromatic nitrogens is 1. The number of fused-ring (bicyclic) bond motifs is 1. The topological polar surface area (TPSA) is 115 Å². The first kappa shape index (κ1) is 24.9. The molecule has 1 saturated heterocycles. The quantitative estimate of drug-likeness (QED) is 0.595. The molecule has 3 N–H and O–H groups in total. The number of anilines is 1. The number of sulfonamides is 1. The summed E-state index contributed by atoms with van der Waals surface area (Å²) >= 11 is 0. The minimum absolute atomic E-state index is 0.0811. The standard InChI is InChI=1S/C19H21F5N4O4S/c1-33(30,31)28-4-2-3-10(9-28)8-26-17(29)15-7-14(25)12-5-11(32-18(20)21)6-13(16(12)27-15)19(22,23)24/h5-7,10,18H,2-4,8-9H2,1H3,(H2,25,27)(H,26,29). The molecule has 1 aromatic heterocycles. The Bertz CT molecular complexity index is 1160. The first-order chi connectivity index (χ1) is 15.3. The molecule has 1 fully saturated rings. The first-order valence-electron chi connectivity index (χ1n) is 9.75. The molecular formula is C19H21F5N4O4S. The zero-order valence-corrected chi connectivity index (χ0v) is 18.1. The SMILES string of the molecule is CS(=O)(=O)N1CCCC(CNC(=O)c2cc(N)c3cc(OC(F)F)cc(C(F)(F)F)c3n2)C1. The number of pyridine rings is 1. The number of alkyl halides is 5. The molecule has 1 aromatic carbocycles. The summed E-state index contributed by atoms with van der Waals surface area (Å²) in [6.45, 7) is -2.68. The molecule has 2 heterocycles. The number of carbonyl (C=O) groups is 1. The highest BCUT2D eigenvalue weighted by atomic mass is 32.2. The lowest BCUT2D eigenvalue weighted by Gasteiger charge is -2.30. The van der Waals surface area contributed by atoms with Crippen molar-refractivity contribution in [1.29, 1.82) is 0 Å². The molecule has 0 bridgehead atoms. The fourth-order valence-corrected chi connectivity index (χ4v) is 4.59. The summed E-state index contributed by atoms with van der Waals surface area (Å²) in [7, 11) is -3.38. The second kappa shape index (κ2) is 9.25. The van der Waals surface area contributed by atoms with Gasteiger partial charge in [-0.25, -0.2) is 17.7 Å². The van der Waals surface area contributed by atoms with Crippen molar-refractivity contribution in [3.63, 3.8) is 0 Å². The zero-order valence-electron chi connectivity index (χ0n) is 17.3. The van der Waals surface area contributed by atoms with Crippen LogP contribution >= 0.6 is 0 Å². The normalized spacial score (nSPS) is 18.0. The summed E-state index contributed by atoms with van der Waals surface area (Å²) in [5.74, 6) is -1.74. The minimum atomic E-state index is -4.98. The van der Waals surface area contributed by atoms with E-state index in [-0.39, 0.29) is 30.1 Å². The van der Waals surface area contributed by atoms with Crippen LogP contribution in [-0.2, 0) is 16.2 Å². The van der Waals surface area contributed by atoms with Gasteiger partial charge < -0.3 is 15.8 Å². The summed E-state index contributed by atoms with van der Waals surface area (Å²) in [6.07, 6.45) is -2.63. The molecule has 0 spiro atoms. The van der Waals surface area contributed by atoms with E-state index in [0.29, 0.717) is 25.5 Å². The third-order valence-electron chi connectivity index (χ3n) is 5.18. The van der Waals surface area contributed by atoms with Crippen molar-refractivity contribution in [2.24, 2.45) is 5.92 Å². The summed E-state index contributed by atoms with van der Waals surface area (Å²) in [6, 6.07) is 2.29. The van der Waals surface area contributed by atoms with E-state index >= 15 is 0 Å². The molecule has 182 valence electrons. The monoisotopic (exact) mass is 496 g/mol. The Morgan fingerprint density at radius 3 is 2.64 bits per heavy atom. The van der Waals surface area contributed by atoms with E-state index in [9.17, 15) is 35.2 Å². The van der Waals surface area contributed by atoms with Gasteiger partial charge in [0.1, 0.15) is 11.4 Å². The van der Waals surface area contributed by atoms with Crippen LogP contribution in [0.1, 0.15) is 28.9 Å². The van der Waals surface area contributed by atoms with Crippen LogP contribution in [0.5, 0.6) is 5.75 Å². The number of halogens is 5. The number of carbonyl (C=O) groups excluding carboxylic acids is 1. The van der Waals surface area contributed by atoms with Crippen LogP contribution < -0.4 is 15.8 Å². The van der Waals surface area contributed by atoms with E-state index < -0.39 is 51.2 Å². The van der Waals surface area contributed by atoms with Gasteiger partial charge in [0.25, 0.3) is 5.91 Å². The number of piperidine rings is 1. The van der Waals surface area contributed by atoms with Crippen LogP contribution in [-0.4, -0.2) is 56.1 Å². The summed E-state index contributed by atoms with van der Waals surface area (Å²) < 4.78 is 94.5. The number of benzene rings is 1. The van der Waals surface area contributed by atoms with Gasteiger partial charge in [0.15, 0.2) is 0 Å². The zero-order chi connectivity index (χ0) is 24.6. The first-order valence-corrected chi connectivity index (χ1v) is 11.6. The van der Waals surface area contributed by atoms with E-state index in [1.54, 1.807) is 0 Å². The molecule has 0 saturated carbocycles. The average molecular weight is 496 g/mol. The van der Waals surface area contributed by atoms with Crippen LogP contribution in [0.25, 0.3) is 10.9 Å². The third kappa shape index (κ3) is 5.99. The number of nitrogens with two attached hydrogens (primary N) is 1. The number of nitrogen functional groups attached to an aromatic ring is 1. The van der Waals surface area contributed by atoms with Gasteiger partial charge in [-0.05, 0) is 37.0 Å². The highest BCUT2D eigenvalue weighted by Crippen LogP contribution is 2.39. The van der Waals surface area contributed by atoms with Crippen molar-refractivity contribution in [3.8, 4) is 5.75 Å². The Balaban J connectivity index is 1.87. The van der Waals surface area contributed by atoms with E-state index in [4.69, 9.17) is 5.73 Å². The van der Waals surface area contributed by atoms with Crippen LogP contribution in [0.3, 0.4) is 0 Å². The molecule has 8 nitrogen and oxygen atoms in total. The van der Waals surface area contributed by atoms with E-state index in [0.717, 1.165) is 18.4 Å². The minimum Gasteiger partial charge on any atom is -0.435 e. The molecule has 1 unspecified atom stereocenters. The van der Waals surface area contributed by atoms with Gasteiger partial charge in [-0.1, -0.05) is 0 Å². The fraction of sp³-hybridized carbons (Fsp3) is 0.474. The highest BCUT2D eigenvalue weighted by molar-refractivity contribution is 7.88. The number of hydrogen-bond acceptors (Lipinski definition) is 6. The van der Waals surface area contributed by atoms with Crippen molar-refractivity contribution < 1.29 is 39.9 Å². The third-order valence-corrected chi connectivity index (χ3v) is 6.45. The fourth-order valence-electron chi connectivity index (χ4n) is 3.65. The molecular weight excluding hydrogens is 475 g/mol. The van der Waals surface area contributed by atoms with Crippen molar-refractivity contribution in [2.75, 3.05) is 31.6 Å². The van der Waals surface area contributed by atoms with Crippen LogP contribution in [0.4, 0.5) is 27.6 Å². The Morgan fingerprint density at radius 2 is 2.03 bits per heavy atom. The predicted molar refractivity (Wildman–Crippen MR) is 109 cm³/mol. The molecule has 0 aliphatic carbocycles. The van der Waals surface area contributed by atoms with E-state index in [1.165, 1.54) is 4.31 Å². The van der Waals surface area contributed by atoms with Gasteiger partial charge in [-0.15, -0.1) is 0 Å². The van der Waals surface area contributed by atoms with Crippen molar-refractivity contribution in [3.05, 3.63) is 29.5 Å². The smallest absolute Gasteiger partial charge is 0.418 e. The van der Waals surface area contributed by atoms with Crippen molar-refractivity contribution in [1.82, 2.24) is 14.6 Å². The predicted octanol–water partition coefficient (Wildman–Crippen LogP) is 2.84. The molecule has 33 heavy (non-hydrogen) atoms. The Kier molecular flexibility index (Phi) is 6.98. The molecule has 1 aliphatic heterocycles. The van der Waals surface area contributed by atoms with Gasteiger partial charge in [0.2, 0.25) is 10.0 Å². The van der Waals surface area contributed by atoms with Gasteiger partial charge in [0.05, 0.1) is 17.3 Å². The Hall–Kier alpha value is -2.74. The molecule has 1 atom stereocenters. The largest absolute Gasteiger partial charge is 0.435 e. The number of ether oxygens (including phenoxy) is 1. The van der Waals surface area contributed by atoms with Gasteiger partial charge in [-0.3, -0.25) is 4.79 Å². The number of rotatable bonds is 6. The van der Waals surface area contributed by atoms with Gasteiger partial charge >= 0.3 is 12.8 Å². The van der Waals surface area contributed by atoms with E-state index in [1.807, 2.05) is 0 Å². The molecule has 14 heteroatoms.